The first-order valence-corrected chi connectivity index (χ1v) is 10.1. The Labute approximate surface area is 182 Å². The van der Waals surface area contributed by atoms with Crippen LogP contribution in [-0.4, -0.2) is 39.5 Å². The number of carbonyl (C=O) groups is 3. The van der Waals surface area contributed by atoms with Gasteiger partial charge in [0.25, 0.3) is 11.5 Å². The maximum Gasteiger partial charge on any atom is 0.325 e. The smallest absolute Gasteiger partial charge is 0.325 e. The molecule has 2 aliphatic rings. The average Bonchev–Trinajstić information content (AvgIpc) is 3.27. The van der Waals surface area contributed by atoms with Crippen LogP contribution in [0.3, 0.4) is 0 Å². The van der Waals surface area contributed by atoms with Crippen LogP contribution in [0.25, 0.3) is 11.3 Å². The molecular formula is C23H19N5O4. The van der Waals surface area contributed by atoms with Crippen molar-refractivity contribution < 1.29 is 14.4 Å². The number of urea groups is 1. The number of nitrogens with one attached hydrogen (secondary N) is 3. The summed E-state index contributed by atoms with van der Waals surface area (Å²) in [4.78, 5) is 50.6. The van der Waals surface area contributed by atoms with Gasteiger partial charge < -0.3 is 10.6 Å². The normalized spacial score (nSPS) is 19.2. The molecule has 5 rings (SSSR count). The lowest BCUT2D eigenvalue weighted by atomic mass is 9.92. The van der Waals surface area contributed by atoms with Gasteiger partial charge in [0.2, 0.25) is 5.91 Å². The molecule has 1 spiro atoms. The van der Waals surface area contributed by atoms with Crippen LogP contribution in [0.1, 0.15) is 17.5 Å². The van der Waals surface area contributed by atoms with E-state index in [0.717, 1.165) is 16.0 Å². The Kier molecular flexibility index (Phi) is 4.58. The van der Waals surface area contributed by atoms with Crippen LogP contribution in [0.4, 0.5) is 10.5 Å². The van der Waals surface area contributed by atoms with E-state index in [1.54, 1.807) is 30.3 Å². The lowest BCUT2D eigenvalue weighted by Gasteiger charge is -2.22. The number of hydrogen-bond donors (Lipinski definition) is 3. The number of carbonyl (C=O) groups excluding carboxylic acids is 3. The molecule has 3 aromatic rings. The van der Waals surface area contributed by atoms with Gasteiger partial charge in [-0.2, -0.15) is 5.10 Å². The van der Waals surface area contributed by atoms with E-state index in [1.165, 1.54) is 6.07 Å². The predicted octanol–water partition coefficient (Wildman–Crippen LogP) is 1.77. The standard InChI is InChI=1S/C23H19N5O4/c29-19-9-8-18(26-27-19)15-5-3-6-16(12-15)24-20(30)13-28-21(31)23(25-22(28)32)11-10-14-4-1-2-7-17(14)23/h1-9,12H,10-11,13H2,(H,24,30)(H,25,32)(H,27,29). The maximum atomic E-state index is 13.2. The zero-order chi connectivity index (χ0) is 22.3. The summed E-state index contributed by atoms with van der Waals surface area (Å²) < 4.78 is 0. The van der Waals surface area contributed by atoms with Crippen molar-refractivity contribution in [3.8, 4) is 11.3 Å². The molecule has 1 aliphatic heterocycles. The second-order valence-corrected chi connectivity index (χ2v) is 7.82. The molecule has 1 saturated heterocycles. The molecule has 1 fully saturated rings. The molecule has 1 atom stereocenters. The van der Waals surface area contributed by atoms with Gasteiger partial charge in [-0.05, 0) is 42.2 Å². The summed E-state index contributed by atoms with van der Waals surface area (Å²) in [6.45, 7) is -0.393. The molecule has 1 aliphatic carbocycles. The quantitative estimate of drug-likeness (QED) is 0.545. The van der Waals surface area contributed by atoms with E-state index in [-0.39, 0.29) is 5.56 Å². The van der Waals surface area contributed by atoms with E-state index >= 15 is 0 Å². The van der Waals surface area contributed by atoms with Crippen molar-refractivity contribution in [1.29, 1.82) is 0 Å². The van der Waals surface area contributed by atoms with Crippen LogP contribution in [-0.2, 0) is 21.5 Å². The van der Waals surface area contributed by atoms with Gasteiger partial charge >= 0.3 is 6.03 Å². The second kappa shape index (κ2) is 7.45. The third kappa shape index (κ3) is 3.24. The number of anilines is 1. The summed E-state index contributed by atoms with van der Waals surface area (Å²) in [5.41, 5.74) is 2.13. The van der Waals surface area contributed by atoms with Gasteiger partial charge in [0.15, 0.2) is 0 Å². The first kappa shape index (κ1) is 19.7. The molecule has 3 N–H and O–H groups in total. The third-order valence-corrected chi connectivity index (χ3v) is 5.85. The van der Waals surface area contributed by atoms with E-state index in [4.69, 9.17) is 0 Å². The highest BCUT2D eigenvalue weighted by molar-refractivity contribution is 6.11. The van der Waals surface area contributed by atoms with Gasteiger partial charge in [0.05, 0.1) is 5.69 Å². The Morgan fingerprint density at radius 2 is 1.91 bits per heavy atom. The van der Waals surface area contributed by atoms with Crippen molar-refractivity contribution in [2.75, 3.05) is 11.9 Å². The predicted molar refractivity (Wildman–Crippen MR) is 116 cm³/mol. The monoisotopic (exact) mass is 429 g/mol. The second-order valence-electron chi connectivity index (χ2n) is 7.82. The van der Waals surface area contributed by atoms with Gasteiger partial charge in [-0.3, -0.25) is 19.3 Å². The molecular weight excluding hydrogens is 410 g/mol. The van der Waals surface area contributed by atoms with E-state index in [1.807, 2.05) is 24.3 Å². The van der Waals surface area contributed by atoms with Crippen molar-refractivity contribution in [3.05, 3.63) is 82.1 Å². The fourth-order valence-corrected chi connectivity index (χ4v) is 4.34. The molecule has 9 heteroatoms. The number of fused-ring (bicyclic) bond motifs is 2. The minimum atomic E-state index is -1.09. The number of imide groups is 1. The molecule has 0 bridgehead atoms. The molecule has 9 nitrogen and oxygen atoms in total. The number of aromatic nitrogens is 2. The highest BCUT2D eigenvalue weighted by atomic mass is 16.2. The third-order valence-electron chi connectivity index (χ3n) is 5.85. The van der Waals surface area contributed by atoms with Gasteiger partial charge in [-0.25, -0.2) is 9.89 Å². The van der Waals surface area contributed by atoms with Crippen molar-refractivity contribution in [1.82, 2.24) is 20.4 Å². The number of aromatic amines is 1. The fourth-order valence-electron chi connectivity index (χ4n) is 4.34. The molecule has 0 saturated carbocycles. The van der Waals surface area contributed by atoms with Crippen LogP contribution in [0.5, 0.6) is 0 Å². The van der Waals surface area contributed by atoms with Crippen LogP contribution in [0, 0.1) is 0 Å². The van der Waals surface area contributed by atoms with E-state index in [2.05, 4.69) is 20.8 Å². The van der Waals surface area contributed by atoms with Crippen LogP contribution < -0.4 is 16.2 Å². The van der Waals surface area contributed by atoms with Crippen molar-refractivity contribution in [3.63, 3.8) is 0 Å². The summed E-state index contributed by atoms with van der Waals surface area (Å²) in [5.74, 6) is -0.905. The Balaban J connectivity index is 1.31. The average molecular weight is 429 g/mol. The summed E-state index contributed by atoms with van der Waals surface area (Å²) in [6, 6.07) is 16.8. The Hall–Kier alpha value is -4.27. The summed E-state index contributed by atoms with van der Waals surface area (Å²) in [7, 11) is 0. The molecule has 4 amide bonds. The number of amides is 4. The number of H-pyrrole nitrogens is 1. The minimum Gasteiger partial charge on any atom is -0.325 e. The Morgan fingerprint density at radius 3 is 2.72 bits per heavy atom. The summed E-state index contributed by atoms with van der Waals surface area (Å²) in [6.07, 6.45) is 1.16. The number of rotatable bonds is 4. The van der Waals surface area contributed by atoms with E-state index < -0.39 is 29.9 Å². The zero-order valence-electron chi connectivity index (χ0n) is 16.9. The van der Waals surface area contributed by atoms with Crippen molar-refractivity contribution in [2.45, 2.75) is 18.4 Å². The van der Waals surface area contributed by atoms with Gasteiger partial charge in [-0.1, -0.05) is 36.4 Å². The Bertz CT molecular complexity index is 1300. The number of aryl methyl sites for hydroxylation is 1. The molecule has 32 heavy (non-hydrogen) atoms. The van der Waals surface area contributed by atoms with Crippen molar-refractivity contribution in [2.24, 2.45) is 0 Å². The van der Waals surface area contributed by atoms with Gasteiger partial charge in [-0.15, -0.1) is 0 Å². The molecule has 1 unspecified atom stereocenters. The van der Waals surface area contributed by atoms with E-state index in [9.17, 15) is 19.2 Å². The number of hydrogen-bond acceptors (Lipinski definition) is 5. The number of nitrogens with zero attached hydrogens (tertiary/aromatic N) is 2. The van der Waals surface area contributed by atoms with Gasteiger partial charge in [0.1, 0.15) is 12.1 Å². The number of benzene rings is 2. The Morgan fingerprint density at radius 1 is 1.06 bits per heavy atom. The zero-order valence-corrected chi connectivity index (χ0v) is 16.9. The molecule has 2 heterocycles. The van der Waals surface area contributed by atoms with Crippen LogP contribution in [0.15, 0.2) is 65.5 Å². The highest BCUT2D eigenvalue weighted by Crippen LogP contribution is 2.41. The molecule has 1 aromatic heterocycles. The lowest BCUT2D eigenvalue weighted by Crippen LogP contribution is -2.42. The highest BCUT2D eigenvalue weighted by Gasteiger charge is 2.55. The molecule has 160 valence electrons. The largest absolute Gasteiger partial charge is 0.325 e. The summed E-state index contributed by atoms with van der Waals surface area (Å²) in [5, 5.41) is 11.9. The fraction of sp³-hybridized carbons (Fsp3) is 0.174. The topological polar surface area (TPSA) is 124 Å². The van der Waals surface area contributed by atoms with Crippen LogP contribution >= 0.6 is 0 Å². The van der Waals surface area contributed by atoms with E-state index in [0.29, 0.717) is 29.8 Å². The minimum absolute atomic E-state index is 0.311. The first-order valence-electron chi connectivity index (χ1n) is 10.1. The van der Waals surface area contributed by atoms with Crippen molar-refractivity contribution >= 4 is 23.5 Å². The molecule has 2 aromatic carbocycles. The lowest BCUT2D eigenvalue weighted by molar-refractivity contribution is -0.134. The SMILES string of the molecule is O=C(CN1C(=O)NC2(CCc3ccccc32)C1=O)Nc1cccc(-c2ccc(=O)[nH]n2)c1. The van der Waals surface area contributed by atoms with Crippen LogP contribution in [0.2, 0.25) is 0 Å². The molecule has 0 radical (unpaired) electrons. The maximum absolute atomic E-state index is 13.2. The first-order chi connectivity index (χ1) is 15.5. The summed E-state index contributed by atoms with van der Waals surface area (Å²) >= 11 is 0. The van der Waals surface area contributed by atoms with Gasteiger partial charge in [0, 0.05) is 17.3 Å².